The van der Waals surface area contributed by atoms with Crippen LogP contribution in [-0.4, -0.2) is 36.4 Å². The van der Waals surface area contributed by atoms with Gasteiger partial charge < -0.3 is 9.88 Å². The van der Waals surface area contributed by atoms with Crippen molar-refractivity contribution in [1.82, 2.24) is 10.4 Å². The first-order valence-electron chi connectivity index (χ1n) is 11.1. The van der Waals surface area contributed by atoms with Crippen LogP contribution in [0.1, 0.15) is 29.7 Å². The molecular weight excluding hydrogens is 386 g/mol. The summed E-state index contributed by atoms with van der Waals surface area (Å²) in [5.41, 5.74) is 10.7. The third-order valence-electron chi connectivity index (χ3n) is 6.54. The zero-order valence-corrected chi connectivity index (χ0v) is 17.4. The number of carbonyl (C=O) groups excluding carboxylic acids is 1. The van der Waals surface area contributed by atoms with Crippen molar-refractivity contribution in [3.8, 4) is 0 Å². The summed E-state index contributed by atoms with van der Waals surface area (Å²) in [5, 5.41) is 3.06. The molecule has 6 heteroatoms. The highest BCUT2D eigenvalue weighted by Crippen LogP contribution is 2.36. The number of allylic oxidation sites excluding steroid dienone is 2. The minimum Gasteiger partial charge on any atom is -0.371 e. The zero-order chi connectivity index (χ0) is 20.8. The maximum Gasteiger partial charge on any atom is 0.360 e. The Kier molecular flexibility index (Phi) is 4.30. The Morgan fingerprint density at radius 2 is 1.84 bits per heavy atom. The van der Waals surface area contributed by atoms with Gasteiger partial charge in [0, 0.05) is 59.5 Å². The number of hydrogen-bond acceptors (Lipinski definition) is 3. The van der Waals surface area contributed by atoms with E-state index in [1.807, 2.05) is 23.2 Å². The SMILES string of the molecule is O=C(N=C1C=CCc2[nH]c3ccccc3c21)NN1CCc2c(N3CCCC3)cccc21. The van der Waals surface area contributed by atoms with Crippen molar-refractivity contribution in [3.63, 3.8) is 0 Å². The van der Waals surface area contributed by atoms with Crippen LogP contribution in [0.15, 0.2) is 59.6 Å². The van der Waals surface area contributed by atoms with Gasteiger partial charge in [-0.25, -0.2) is 10.2 Å². The van der Waals surface area contributed by atoms with Crippen LogP contribution in [0.25, 0.3) is 10.9 Å². The summed E-state index contributed by atoms with van der Waals surface area (Å²) in [7, 11) is 0. The van der Waals surface area contributed by atoms with E-state index in [-0.39, 0.29) is 6.03 Å². The molecule has 6 rings (SSSR count). The van der Waals surface area contributed by atoms with Gasteiger partial charge in [0.1, 0.15) is 0 Å². The molecule has 3 aromatic rings. The van der Waals surface area contributed by atoms with Crippen LogP contribution in [-0.2, 0) is 12.8 Å². The number of hydrogen-bond donors (Lipinski definition) is 2. The number of carbonyl (C=O) groups is 1. The highest BCUT2D eigenvalue weighted by atomic mass is 16.2. The Labute approximate surface area is 181 Å². The fourth-order valence-corrected chi connectivity index (χ4v) is 5.14. The lowest BCUT2D eigenvalue weighted by Crippen LogP contribution is -2.40. The van der Waals surface area contributed by atoms with Gasteiger partial charge >= 0.3 is 6.03 Å². The number of benzene rings is 2. The Morgan fingerprint density at radius 3 is 2.74 bits per heavy atom. The van der Waals surface area contributed by atoms with Gasteiger partial charge in [0.05, 0.1) is 11.4 Å². The summed E-state index contributed by atoms with van der Waals surface area (Å²) < 4.78 is 0. The van der Waals surface area contributed by atoms with Gasteiger partial charge in [-0.3, -0.25) is 5.01 Å². The van der Waals surface area contributed by atoms with E-state index >= 15 is 0 Å². The molecule has 1 saturated heterocycles. The number of urea groups is 1. The second-order valence-electron chi connectivity index (χ2n) is 8.42. The van der Waals surface area contributed by atoms with Crippen LogP contribution in [0, 0.1) is 0 Å². The quantitative estimate of drug-likeness (QED) is 0.659. The number of nitrogens with one attached hydrogen (secondary N) is 2. The second-order valence-corrected chi connectivity index (χ2v) is 8.42. The maximum absolute atomic E-state index is 12.9. The topological polar surface area (TPSA) is 63.7 Å². The molecule has 0 bridgehead atoms. The van der Waals surface area contributed by atoms with E-state index in [2.05, 4.69) is 56.7 Å². The van der Waals surface area contributed by atoms with Crippen molar-refractivity contribution in [2.45, 2.75) is 25.7 Å². The number of rotatable bonds is 2. The number of anilines is 2. The summed E-state index contributed by atoms with van der Waals surface area (Å²) in [4.78, 5) is 23.3. The molecule has 2 aromatic carbocycles. The summed E-state index contributed by atoms with van der Waals surface area (Å²) in [6.07, 6.45) is 8.27. The van der Waals surface area contributed by atoms with Crippen molar-refractivity contribution >= 4 is 34.0 Å². The maximum atomic E-state index is 12.9. The first kappa shape index (κ1) is 18.2. The fourth-order valence-electron chi connectivity index (χ4n) is 5.14. The van der Waals surface area contributed by atoms with Crippen molar-refractivity contribution in [2.24, 2.45) is 4.99 Å². The van der Waals surface area contributed by atoms with Crippen LogP contribution in [0.5, 0.6) is 0 Å². The molecule has 0 unspecified atom stereocenters. The van der Waals surface area contributed by atoms with Gasteiger partial charge in [0.15, 0.2) is 0 Å². The molecule has 0 atom stereocenters. The van der Waals surface area contributed by atoms with Crippen LogP contribution in [0.4, 0.5) is 16.2 Å². The zero-order valence-electron chi connectivity index (χ0n) is 17.4. The number of para-hydroxylation sites is 1. The molecule has 0 saturated carbocycles. The Hall–Kier alpha value is -3.54. The third kappa shape index (κ3) is 3.10. The lowest BCUT2D eigenvalue weighted by Gasteiger charge is -2.23. The van der Waals surface area contributed by atoms with Crippen molar-refractivity contribution in [2.75, 3.05) is 29.5 Å². The lowest BCUT2D eigenvalue weighted by atomic mass is 9.99. The van der Waals surface area contributed by atoms with Crippen LogP contribution in [0.2, 0.25) is 0 Å². The predicted octanol–water partition coefficient (Wildman–Crippen LogP) is 4.36. The highest BCUT2D eigenvalue weighted by molar-refractivity contribution is 6.20. The first-order chi connectivity index (χ1) is 15.3. The number of nitrogens with zero attached hydrogens (tertiary/aromatic N) is 3. The smallest absolute Gasteiger partial charge is 0.360 e. The number of aromatic amines is 1. The normalized spacial score (nSPS) is 18.6. The van der Waals surface area contributed by atoms with E-state index in [9.17, 15) is 4.79 Å². The number of aliphatic imine (C=N–C) groups is 1. The van der Waals surface area contributed by atoms with Crippen LogP contribution >= 0.6 is 0 Å². The van der Waals surface area contributed by atoms with Gasteiger partial charge in [-0.1, -0.05) is 30.3 Å². The van der Waals surface area contributed by atoms with Gasteiger partial charge in [-0.15, -0.1) is 0 Å². The summed E-state index contributed by atoms with van der Waals surface area (Å²) in [6.45, 7) is 3.01. The molecule has 0 radical (unpaired) electrons. The lowest BCUT2D eigenvalue weighted by molar-refractivity contribution is 0.248. The first-order valence-corrected chi connectivity index (χ1v) is 11.1. The minimum atomic E-state index is -0.336. The average Bonchev–Trinajstić information content (AvgIpc) is 3.52. The fraction of sp³-hybridized carbons (Fsp3) is 0.280. The van der Waals surface area contributed by atoms with Gasteiger partial charge in [0.2, 0.25) is 0 Å². The number of amides is 2. The second kappa shape index (κ2) is 7.30. The van der Waals surface area contributed by atoms with Crippen molar-refractivity contribution < 1.29 is 4.79 Å². The van der Waals surface area contributed by atoms with E-state index in [1.54, 1.807) is 0 Å². The Bertz CT molecular complexity index is 1230. The summed E-state index contributed by atoms with van der Waals surface area (Å²) >= 11 is 0. The highest BCUT2D eigenvalue weighted by Gasteiger charge is 2.26. The third-order valence-corrected chi connectivity index (χ3v) is 6.54. The molecule has 1 aromatic heterocycles. The largest absolute Gasteiger partial charge is 0.371 e. The van der Waals surface area contributed by atoms with E-state index in [0.717, 1.165) is 60.3 Å². The van der Waals surface area contributed by atoms with E-state index in [1.165, 1.54) is 24.1 Å². The Balaban J connectivity index is 1.27. The predicted molar refractivity (Wildman–Crippen MR) is 125 cm³/mol. The average molecular weight is 412 g/mol. The van der Waals surface area contributed by atoms with Gasteiger partial charge in [-0.2, -0.15) is 4.99 Å². The summed E-state index contributed by atoms with van der Waals surface area (Å²) in [5.74, 6) is 0. The molecule has 2 amide bonds. The standard InChI is InChI=1S/C25H25N5O/c31-25(27-21-10-5-9-20-24(21)17-7-1-2-8-19(17)26-20)28-30-16-13-18-22(11-6-12-23(18)30)29-14-3-4-15-29/h1-2,5-8,10-12,26H,3-4,9,13-16H2,(H,28,31). The summed E-state index contributed by atoms with van der Waals surface area (Å²) in [6, 6.07) is 14.2. The molecule has 31 heavy (non-hydrogen) atoms. The minimum absolute atomic E-state index is 0.336. The molecule has 3 heterocycles. The van der Waals surface area contributed by atoms with Gasteiger partial charge in [0.25, 0.3) is 0 Å². The Morgan fingerprint density at radius 1 is 1.00 bits per heavy atom. The number of H-pyrrole nitrogens is 1. The molecule has 6 nitrogen and oxygen atoms in total. The monoisotopic (exact) mass is 411 g/mol. The van der Waals surface area contributed by atoms with E-state index in [4.69, 9.17) is 0 Å². The molecule has 2 N–H and O–H groups in total. The van der Waals surface area contributed by atoms with Crippen LogP contribution in [0.3, 0.4) is 0 Å². The number of aromatic nitrogens is 1. The molecule has 1 fully saturated rings. The van der Waals surface area contributed by atoms with Crippen molar-refractivity contribution in [1.29, 1.82) is 0 Å². The van der Waals surface area contributed by atoms with Crippen molar-refractivity contribution in [3.05, 3.63) is 71.4 Å². The molecule has 156 valence electrons. The molecule has 1 aliphatic carbocycles. The number of fused-ring (bicyclic) bond motifs is 4. The molecule has 2 aliphatic heterocycles. The van der Waals surface area contributed by atoms with E-state index < -0.39 is 0 Å². The molecule has 3 aliphatic rings. The van der Waals surface area contributed by atoms with Crippen LogP contribution < -0.4 is 15.3 Å². The molecular formula is C25H25N5O. The van der Waals surface area contributed by atoms with Gasteiger partial charge in [-0.05, 0) is 43.5 Å². The van der Waals surface area contributed by atoms with E-state index in [0.29, 0.717) is 5.71 Å². The number of hydrazine groups is 1. The molecule has 0 spiro atoms.